The maximum Gasteiger partial charge on any atom is 0.337 e. The monoisotopic (exact) mass is 530 g/mol. The fourth-order valence-electron chi connectivity index (χ4n) is 3.30. The van der Waals surface area contributed by atoms with Crippen molar-refractivity contribution < 1.29 is 32.3 Å². The Hall–Kier alpha value is -3.73. The van der Waals surface area contributed by atoms with Crippen LogP contribution in [-0.2, 0) is 30.8 Å². The predicted octanol–water partition coefficient (Wildman–Crippen LogP) is 3.74. The highest BCUT2D eigenvalue weighted by atomic mass is 35.5. The smallest absolute Gasteiger partial charge is 0.337 e. The van der Waals surface area contributed by atoms with Crippen molar-refractivity contribution in [3.63, 3.8) is 0 Å². The van der Waals surface area contributed by atoms with Gasteiger partial charge in [-0.25, -0.2) is 18.0 Å². The van der Waals surface area contributed by atoms with Crippen LogP contribution in [-0.4, -0.2) is 51.3 Å². The second-order valence-electron chi connectivity index (χ2n) is 7.54. The number of nitrogens with zero attached hydrogens (tertiary/aromatic N) is 1. The van der Waals surface area contributed by atoms with Crippen LogP contribution >= 0.6 is 11.6 Å². The molecule has 1 amide bonds. The Balaban J connectivity index is 1.91. The highest BCUT2D eigenvalue weighted by Crippen LogP contribution is 2.22. The van der Waals surface area contributed by atoms with Gasteiger partial charge in [0.25, 0.3) is 0 Å². The van der Waals surface area contributed by atoms with E-state index >= 15 is 0 Å². The molecule has 0 radical (unpaired) electrons. The van der Waals surface area contributed by atoms with Crippen molar-refractivity contribution in [3.8, 4) is 0 Å². The third kappa shape index (κ3) is 6.69. The fourth-order valence-corrected chi connectivity index (χ4v) is 4.81. The molecule has 0 saturated heterocycles. The first-order valence-corrected chi connectivity index (χ1v) is 12.4. The number of esters is 2. The van der Waals surface area contributed by atoms with Crippen molar-refractivity contribution in [1.29, 1.82) is 0 Å². The van der Waals surface area contributed by atoms with E-state index < -0.39 is 34.4 Å². The summed E-state index contributed by atoms with van der Waals surface area (Å²) in [4.78, 5) is 37.0. The number of nitrogens with one attached hydrogen (secondary N) is 1. The normalized spacial score (nSPS) is 11.1. The second-order valence-corrected chi connectivity index (χ2v) is 9.92. The highest BCUT2D eigenvalue weighted by molar-refractivity contribution is 7.89. The molecule has 0 aliphatic rings. The Morgan fingerprint density at radius 1 is 0.861 bits per heavy atom. The van der Waals surface area contributed by atoms with Crippen LogP contribution in [0.25, 0.3) is 0 Å². The molecule has 0 unspecified atom stereocenters. The van der Waals surface area contributed by atoms with Gasteiger partial charge in [-0.05, 0) is 48.0 Å². The SMILES string of the molecule is COC(=O)c1cc(NC(=O)CN(Cc2ccccc2)S(=O)(=O)c2ccc(Cl)cc2)cc(C(=O)OC)c1. The highest BCUT2D eigenvalue weighted by Gasteiger charge is 2.27. The lowest BCUT2D eigenvalue weighted by atomic mass is 10.1. The molecule has 0 heterocycles. The van der Waals surface area contributed by atoms with Gasteiger partial charge in [-0.2, -0.15) is 4.31 Å². The van der Waals surface area contributed by atoms with Crippen molar-refractivity contribution in [2.75, 3.05) is 26.1 Å². The molecule has 188 valence electrons. The Morgan fingerprint density at radius 3 is 1.94 bits per heavy atom. The second kappa shape index (κ2) is 11.8. The molecule has 0 atom stereocenters. The van der Waals surface area contributed by atoms with E-state index in [2.05, 4.69) is 5.32 Å². The number of carbonyl (C=O) groups is 3. The topological polar surface area (TPSA) is 119 Å². The predicted molar refractivity (Wildman–Crippen MR) is 133 cm³/mol. The van der Waals surface area contributed by atoms with E-state index in [0.29, 0.717) is 10.6 Å². The van der Waals surface area contributed by atoms with Crippen molar-refractivity contribution in [2.45, 2.75) is 11.4 Å². The zero-order valence-electron chi connectivity index (χ0n) is 19.4. The van der Waals surface area contributed by atoms with E-state index in [1.54, 1.807) is 30.3 Å². The standard InChI is InChI=1S/C25H23ClN2O7S/c1-34-24(30)18-12-19(25(31)35-2)14-21(13-18)27-23(29)16-28(15-17-6-4-3-5-7-17)36(32,33)22-10-8-20(26)9-11-22/h3-14H,15-16H2,1-2H3,(H,27,29). The maximum absolute atomic E-state index is 13.4. The first kappa shape index (κ1) is 26.9. The molecule has 36 heavy (non-hydrogen) atoms. The van der Waals surface area contributed by atoms with E-state index in [1.807, 2.05) is 0 Å². The van der Waals surface area contributed by atoms with Crippen molar-refractivity contribution >= 4 is 45.2 Å². The van der Waals surface area contributed by atoms with Gasteiger partial charge in [-0.15, -0.1) is 0 Å². The summed E-state index contributed by atoms with van der Waals surface area (Å²) in [7, 11) is -1.74. The Kier molecular flexibility index (Phi) is 8.81. The summed E-state index contributed by atoms with van der Waals surface area (Å²) in [6.45, 7) is -0.620. The minimum atomic E-state index is -4.09. The average Bonchev–Trinajstić information content (AvgIpc) is 2.87. The molecule has 0 fully saturated rings. The number of methoxy groups -OCH3 is 2. The summed E-state index contributed by atoms with van der Waals surface area (Å²) in [5.41, 5.74) is 0.770. The molecule has 0 aromatic heterocycles. The van der Waals surface area contributed by atoms with Gasteiger partial charge in [-0.3, -0.25) is 4.79 Å². The van der Waals surface area contributed by atoms with Gasteiger partial charge >= 0.3 is 11.9 Å². The molecule has 0 saturated carbocycles. The zero-order valence-corrected chi connectivity index (χ0v) is 21.0. The van der Waals surface area contributed by atoms with E-state index in [0.717, 1.165) is 4.31 Å². The lowest BCUT2D eigenvalue weighted by Crippen LogP contribution is -2.37. The van der Waals surface area contributed by atoms with Gasteiger partial charge in [0.15, 0.2) is 0 Å². The van der Waals surface area contributed by atoms with Crippen LogP contribution in [0.2, 0.25) is 5.02 Å². The van der Waals surface area contributed by atoms with Crippen molar-refractivity contribution in [2.24, 2.45) is 0 Å². The summed E-state index contributed by atoms with van der Waals surface area (Å²) < 4.78 is 37.2. The molecule has 0 spiro atoms. The molecule has 0 aliphatic carbocycles. The van der Waals surface area contributed by atoms with Gasteiger partial charge in [0.1, 0.15) is 0 Å². The fraction of sp³-hybridized carbons (Fsp3) is 0.160. The molecule has 0 aliphatic heterocycles. The summed E-state index contributed by atoms with van der Waals surface area (Å²) >= 11 is 5.90. The van der Waals surface area contributed by atoms with Gasteiger partial charge < -0.3 is 14.8 Å². The van der Waals surface area contributed by atoms with E-state index in [-0.39, 0.29) is 28.3 Å². The molecular formula is C25H23ClN2O7S. The Labute approximate surface area is 213 Å². The number of halogens is 1. The summed E-state index contributed by atoms with van der Waals surface area (Å²) in [6, 6.07) is 18.3. The number of carbonyl (C=O) groups excluding carboxylic acids is 3. The third-order valence-electron chi connectivity index (χ3n) is 5.03. The summed E-state index contributed by atoms with van der Waals surface area (Å²) in [5.74, 6) is -2.15. The number of amides is 1. The summed E-state index contributed by atoms with van der Waals surface area (Å²) in [6.07, 6.45) is 0. The van der Waals surface area contributed by atoms with Gasteiger partial charge in [0, 0.05) is 17.3 Å². The number of anilines is 1. The van der Waals surface area contributed by atoms with E-state index in [9.17, 15) is 22.8 Å². The van der Waals surface area contributed by atoms with Crippen LogP contribution < -0.4 is 5.32 Å². The first-order chi connectivity index (χ1) is 17.1. The van der Waals surface area contributed by atoms with E-state index in [4.69, 9.17) is 21.1 Å². The maximum atomic E-state index is 13.4. The molecule has 3 rings (SSSR count). The number of ether oxygens (including phenoxy) is 2. The average molecular weight is 531 g/mol. The molecule has 0 bridgehead atoms. The van der Waals surface area contributed by atoms with Crippen LogP contribution in [0.3, 0.4) is 0 Å². The van der Waals surface area contributed by atoms with Crippen LogP contribution in [0.4, 0.5) is 5.69 Å². The largest absolute Gasteiger partial charge is 0.465 e. The lowest BCUT2D eigenvalue weighted by molar-refractivity contribution is -0.116. The number of hydrogen-bond acceptors (Lipinski definition) is 7. The van der Waals surface area contributed by atoms with Crippen molar-refractivity contribution in [1.82, 2.24) is 4.31 Å². The van der Waals surface area contributed by atoms with Gasteiger partial charge in [0.05, 0.1) is 36.8 Å². The molecule has 1 N–H and O–H groups in total. The van der Waals surface area contributed by atoms with Crippen molar-refractivity contribution in [3.05, 3.63) is 94.5 Å². The minimum absolute atomic E-state index is 0.00521. The summed E-state index contributed by atoms with van der Waals surface area (Å²) in [5, 5.41) is 2.92. The number of rotatable bonds is 9. The van der Waals surface area contributed by atoms with Crippen LogP contribution in [0.15, 0.2) is 77.7 Å². The quantitative estimate of drug-likeness (QED) is 0.418. The lowest BCUT2D eigenvalue weighted by Gasteiger charge is -2.22. The zero-order chi connectivity index (χ0) is 26.3. The van der Waals surface area contributed by atoms with E-state index in [1.165, 1.54) is 56.7 Å². The van der Waals surface area contributed by atoms with Crippen LogP contribution in [0.5, 0.6) is 0 Å². The van der Waals surface area contributed by atoms with Gasteiger partial charge in [-0.1, -0.05) is 41.9 Å². The van der Waals surface area contributed by atoms with Crippen LogP contribution in [0, 0.1) is 0 Å². The Bertz CT molecular complexity index is 1330. The molecule has 11 heteroatoms. The van der Waals surface area contributed by atoms with Crippen LogP contribution in [0.1, 0.15) is 26.3 Å². The Morgan fingerprint density at radius 2 is 1.42 bits per heavy atom. The van der Waals surface area contributed by atoms with Gasteiger partial charge in [0.2, 0.25) is 15.9 Å². The number of sulfonamides is 1. The molecule has 9 nitrogen and oxygen atoms in total. The number of hydrogen-bond donors (Lipinski definition) is 1. The molecule has 3 aromatic rings. The first-order valence-electron chi connectivity index (χ1n) is 10.5. The minimum Gasteiger partial charge on any atom is -0.465 e. The molecular weight excluding hydrogens is 508 g/mol. The molecule has 3 aromatic carbocycles. The third-order valence-corrected chi connectivity index (χ3v) is 7.09. The number of benzene rings is 3.